The van der Waals surface area contributed by atoms with Crippen LogP contribution in [-0.4, -0.2) is 5.33 Å². The molecule has 3 aromatic rings. The maximum atomic E-state index is 14.1. The minimum atomic E-state index is -0.546. The first kappa shape index (κ1) is 15.0. The number of fused-ring (bicyclic) bond motifs is 1. The average Bonchev–Trinajstić information content (AvgIpc) is 2.53. The molecule has 0 N–H and O–H groups in total. The van der Waals surface area contributed by atoms with Crippen molar-refractivity contribution >= 4 is 26.9 Å². The Morgan fingerprint density at radius 3 is 2.55 bits per heavy atom. The number of halogens is 2. The summed E-state index contributed by atoms with van der Waals surface area (Å²) in [5, 5.41) is 0.829. The van der Waals surface area contributed by atoms with E-state index in [1.165, 1.54) is 6.07 Å². The zero-order valence-corrected chi connectivity index (χ0v) is 13.4. The van der Waals surface area contributed by atoms with Gasteiger partial charge in [0, 0.05) is 11.8 Å². The molecule has 0 amide bonds. The summed E-state index contributed by atoms with van der Waals surface area (Å²) >= 11 is 3.39. The largest absolute Gasteiger partial charge is 0.460 e. The third kappa shape index (κ3) is 2.71. The first-order chi connectivity index (χ1) is 10.7. The Kier molecular flexibility index (Phi) is 4.39. The van der Waals surface area contributed by atoms with Crippen LogP contribution in [0.25, 0.3) is 22.1 Å². The SMILES string of the molecule is O=c1c(-c2ccccc2)c(CCCBr)oc2cccc(F)c12. The molecule has 0 fully saturated rings. The predicted octanol–water partition coefficient (Wildman–Crippen LogP) is 4.93. The van der Waals surface area contributed by atoms with E-state index in [0.717, 1.165) is 17.3 Å². The quantitative estimate of drug-likeness (QED) is 0.617. The van der Waals surface area contributed by atoms with Crippen LogP contribution in [0.15, 0.2) is 57.7 Å². The summed E-state index contributed by atoms with van der Waals surface area (Å²) in [5.41, 5.74) is 1.20. The molecule has 2 nitrogen and oxygen atoms in total. The Labute approximate surface area is 135 Å². The molecule has 0 spiro atoms. The topological polar surface area (TPSA) is 30.2 Å². The van der Waals surface area contributed by atoms with Crippen LogP contribution in [0.2, 0.25) is 0 Å². The van der Waals surface area contributed by atoms with Gasteiger partial charge in [-0.25, -0.2) is 4.39 Å². The van der Waals surface area contributed by atoms with Gasteiger partial charge in [-0.3, -0.25) is 4.79 Å². The highest BCUT2D eigenvalue weighted by Crippen LogP contribution is 2.26. The van der Waals surface area contributed by atoms with Crippen molar-refractivity contribution in [2.24, 2.45) is 0 Å². The maximum absolute atomic E-state index is 14.1. The van der Waals surface area contributed by atoms with Gasteiger partial charge in [-0.1, -0.05) is 52.3 Å². The van der Waals surface area contributed by atoms with Gasteiger partial charge in [-0.2, -0.15) is 0 Å². The van der Waals surface area contributed by atoms with E-state index in [0.29, 0.717) is 23.3 Å². The fraction of sp³-hybridized carbons (Fsp3) is 0.167. The molecule has 0 radical (unpaired) electrons. The second-order valence-electron chi connectivity index (χ2n) is 5.00. The summed E-state index contributed by atoms with van der Waals surface area (Å²) in [5.74, 6) is 0.0595. The van der Waals surface area contributed by atoms with Crippen LogP contribution in [0, 0.1) is 5.82 Å². The molecule has 22 heavy (non-hydrogen) atoms. The van der Waals surface area contributed by atoms with Gasteiger partial charge in [0.15, 0.2) is 0 Å². The van der Waals surface area contributed by atoms with Crippen molar-refractivity contribution in [2.75, 3.05) is 5.33 Å². The number of hydrogen-bond acceptors (Lipinski definition) is 2. The van der Waals surface area contributed by atoms with E-state index in [1.807, 2.05) is 30.3 Å². The second-order valence-corrected chi connectivity index (χ2v) is 5.79. The van der Waals surface area contributed by atoms with E-state index in [9.17, 15) is 9.18 Å². The van der Waals surface area contributed by atoms with Crippen LogP contribution in [0.4, 0.5) is 4.39 Å². The molecule has 1 aromatic heterocycles. The molecule has 1 heterocycles. The molecule has 112 valence electrons. The van der Waals surface area contributed by atoms with Crippen molar-refractivity contribution in [1.82, 2.24) is 0 Å². The van der Waals surface area contributed by atoms with Crippen molar-refractivity contribution in [3.05, 3.63) is 70.3 Å². The van der Waals surface area contributed by atoms with E-state index in [2.05, 4.69) is 15.9 Å². The number of alkyl halides is 1. The molecule has 4 heteroatoms. The van der Waals surface area contributed by atoms with Gasteiger partial charge in [0.1, 0.15) is 22.5 Å². The fourth-order valence-electron chi connectivity index (χ4n) is 2.55. The van der Waals surface area contributed by atoms with Crippen LogP contribution >= 0.6 is 15.9 Å². The van der Waals surface area contributed by atoms with Crippen LogP contribution in [0.1, 0.15) is 12.2 Å². The second kappa shape index (κ2) is 6.44. The van der Waals surface area contributed by atoms with Gasteiger partial charge in [0.25, 0.3) is 0 Å². The number of rotatable bonds is 4. The molecule has 0 atom stereocenters. The molecular formula is C18H14BrFO2. The maximum Gasteiger partial charge on any atom is 0.203 e. The molecule has 0 saturated carbocycles. The van der Waals surface area contributed by atoms with Gasteiger partial charge in [0.2, 0.25) is 5.43 Å². The lowest BCUT2D eigenvalue weighted by atomic mass is 10.00. The average molecular weight is 361 g/mol. The lowest BCUT2D eigenvalue weighted by Gasteiger charge is -2.10. The summed E-state index contributed by atoms with van der Waals surface area (Å²) in [6.45, 7) is 0. The summed E-state index contributed by atoms with van der Waals surface area (Å²) in [7, 11) is 0. The Balaban J connectivity index is 2.34. The zero-order valence-electron chi connectivity index (χ0n) is 11.8. The lowest BCUT2D eigenvalue weighted by Crippen LogP contribution is -2.11. The lowest BCUT2D eigenvalue weighted by molar-refractivity contribution is 0.532. The van der Waals surface area contributed by atoms with E-state index in [1.54, 1.807) is 12.1 Å². The number of benzene rings is 2. The predicted molar refractivity (Wildman–Crippen MR) is 90.0 cm³/mol. The summed E-state index contributed by atoms with van der Waals surface area (Å²) < 4.78 is 19.9. The van der Waals surface area contributed by atoms with Crippen LogP contribution < -0.4 is 5.43 Å². The Morgan fingerprint density at radius 1 is 1.05 bits per heavy atom. The first-order valence-electron chi connectivity index (χ1n) is 7.08. The Hall–Kier alpha value is -1.94. The van der Waals surface area contributed by atoms with Crippen molar-refractivity contribution in [2.45, 2.75) is 12.8 Å². The van der Waals surface area contributed by atoms with Gasteiger partial charge in [-0.05, 0) is 24.1 Å². The summed E-state index contributed by atoms with van der Waals surface area (Å²) in [6.07, 6.45) is 1.46. The van der Waals surface area contributed by atoms with Crippen LogP contribution in [0.3, 0.4) is 0 Å². The Bertz CT molecular complexity index is 856. The van der Waals surface area contributed by atoms with Gasteiger partial charge in [-0.15, -0.1) is 0 Å². The van der Waals surface area contributed by atoms with E-state index in [4.69, 9.17) is 4.42 Å². The first-order valence-corrected chi connectivity index (χ1v) is 8.20. The zero-order chi connectivity index (χ0) is 15.5. The van der Waals surface area contributed by atoms with Crippen LogP contribution in [-0.2, 0) is 6.42 Å². The molecule has 0 bridgehead atoms. The molecule has 0 unspecified atom stereocenters. The molecule has 0 aliphatic heterocycles. The summed E-state index contributed by atoms with van der Waals surface area (Å²) in [4.78, 5) is 12.8. The highest BCUT2D eigenvalue weighted by Gasteiger charge is 2.17. The standard InChI is InChI=1S/C18H14BrFO2/c19-11-5-10-14-16(12-6-2-1-3-7-12)18(21)17-13(20)8-4-9-15(17)22-14/h1-4,6-9H,5,10-11H2. The van der Waals surface area contributed by atoms with E-state index < -0.39 is 5.82 Å². The van der Waals surface area contributed by atoms with Crippen molar-refractivity contribution in [3.63, 3.8) is 0 Å². The highest BCUT2D eigenvalue weighted by atomic mass is 79.9. The third-order valence-electron chi connectivity index (χ3n) is 3.54. The van der Waals surface area contributed by atoms with Gasteiger partial charge < -0.3 is 4.42 Å². The van der Waals surface area contributed by atoms with Crippen molar-refractivity contribution < 1.29 is 8.81 Å². The van der Waals surface area contributed by atoms with Crippen molar-refractivity contribution in [3.8, 4) is 11.1 Å². The monoisotopic (exact) mass is 360 g/mol. The molecule has 0 aliphatic rings. The molecule has 0 aliphatic carbocycles. The molecule has 2 aromatic carbocycles. The van der Waals surface area contributed by atoms with Crippen LogP contribution in [0.5, 0.6) is 0 Å². The van der Waals surface area contributed by atoms with Gasteiger partial charge >= 0.3 is 0 Å². The van der Waals surface area contributed by atoms with E-state index >= 15 is 0 Å². The normalized spacial score (nSPS) is 11.0. The Morgan fingerprint density at radius 2 is 1.82 bits per heavy atom. The number of hydrogen-bond donors (Lipinski definition) is 0. The minimum Gasteiger partial charge on any atom is -0.460 e. The van der Waals surface area contributed by atoms with E-state index in [-0.39, 0.29) is 10.8 Å². The molecular weight excluding hydrogens is 347 g/mol. The minimum absolute atomic E-state index is 0.0175. The molecule has 0 saturated heterocycles. The highest BCUT2D eigenvalue weighted by molar-refractivity contribution is 9.09. The number of aryl methyl sites for hydroxylation is 1. The van der Waals surface area contributed by atoms with Gasteiger partial charge in [0.05, 0.1) is 5.56 Å². The fourth-order valence-corrected chi connectivity index (χ4v) is 2.83. The smallest absolute Gasteiger partial charge is 0.203 e. The molecule has 3 rings (SSSR count). The summed E-state index contributed by atoms with van der Waals surface area (Å²) in [6, 6.07) is 13.7. The third-order valence-corrected chi connectivity index (χ3v) is 4.10. The van der Waals surface area contributed by atoms with Crippen molar-refractivity contribution in [1.29, 1.82) is 0 Å².